The molecule has 1 aromatic rings. The second kappa shape index (κ2) is 15.4. The number of allylic oxidation sites excluding steroid dienone is 1. The van der Waals surface area contributed by atoms with Crippen LogP contribution in [0, 0.1) is 0 Å². The Morgan fingerprint density at radius 1 is 0.968 bits per heavy atom. The third-order valence-corrected chi connectivity index (χ3v) is 6.13. The van der Waals surface area contributed by atoms with Gasteiger partial charge in [-0.25, -0.2) is 0 Å². The van der Waals surface area contributed by atoms with E-state index >= 15 is 0 Å². The summed E-state index contributed by atoms with van der Waals surface area (Å²) in [6, 6.07) is 7.05. The van der Waals surface area contributed by atoms with Crippen LogP contribution in [0.2, 0.25) is 0 Å². The number of rotatable bonds is 17. The van der Waals surface area contributed by atoms with Crippen LogP contribution in [0.3, 0.4) is 0 Å². The molecule has 172 valence electrons. The summed E-state index contributed by atoms with van der Waals surface area (Å²) in [6.45, 7) is 2.05. The summed E-state index contributed by atoms with van der Waals surface area (Å²) in [4.78, 5) is 23.8. The first kappa shape index (κ1) is 25.8. The Kier molecular flexibility index (Phi) is 12.8. The lowest BCUT2D eigenvalue weighted by Gasteiger charge is -2.05. The van der Waals surface area contributed by atoms with E-state index in [0.717, 1.165) is 36.6 Å². The summed E-state index contributed by atoms with van der Waals surface area (Å²) in [7, 11) is 0. The van der Waals surface area contributed by atoms with Crippen LogP contribution in [0.1, 0.15) is 94.3 Å². The fourth-order valence-corrected chi connectivity index (χ4v) is 3.85. The fourth-order valence-electron chi connectivity index (χ4n) is 3.58. The van der Waals surface area contributed by atoms with Gasteiger partial charge in [-0.1, -0.05) is 85.7 Å². The highest BCUT2D eigenvalue weighted by Gasteiger charge is 2.36. The first-order valence-corrected chi connectivity index (χ1v) is 12.6. The van der Waals surface area contributed by atoms with Crippen molar-refractivity contribution >= 4 is 27.7 Å². The summed E-state index contributed by atoms with van der Waals surface area (Å²) in [5.41, 5.74) is 0.557. The lowest BCUT2D eigenvalue weighted by Crippen LogP contribution is -2.13. The van der Waals surface area contributed by atoms with Gasteiger partial charge >= 0.3 is 5.97 Å². The summed E-state index contributed by atoms with van der Waals surface area (Å²) in [6.07, 6.45) is 18.6. The highest BCUT2D eigenvalue weighted by Crippen LogP contribution is 2.30. The molecule has 0 unspecified atom stereocenters. The Bertz CT molecular complexity index is 683. The number of carbonyl (C=O) groups is 2. The zero-order valence-corrected chi connectivity index (χ0v) is 20.4. The smallest absolute Gasteiger partial charge is 0.306 e. The van der Waals surface area contributed by atoms with E-state index in [9.17, 15) is 9.59 Å². The SMILES string of the molecule is CCCCC[C@@H]1O[C@@H]1C/C=C\CCCCCCCC(=O)OCC(=O)c1ccc(Br)cc1. The van der Waals surface area contributed by atoms with E-state index in [1.807, 2.05) is 0 Å². The number of ether oxygens (including phenoxy) is 2. The molecule has 31 heavy (non-hydrogen) atoms. The number of Topliss-reactive ketones (excluding diaryl/α,β-unsaturated/α-hetero) is 1. The number of unbranched alkanes of at least 4 members (excludes halogenated alkanes) is 7. The number of esters is 1. The molecule has 0 spiro atoms. The molecule has 5 heteroatoms. The number of epoxide rings is 1. The highest BCUT2D eigenvalue weighted by atomic mass is 79.9. The van der Waals surface area contributed by atoms with Gasteiger partial charge < -0.3 is 9.47 Å². The van der Waals surface area contributed by atoms with Gasteiger partial charge in [-0.15, -0.1) is 0 Å². The molecule has 0 amide bonds. The van der Waals surface area contributed by atoms with Crippen molar-refractivity contribution in [2.24, 2.45) is 0 Å². The molecule has 0 aliphatic carbocycles. The lowest BCUT2D eigenvalue weighted by molar-refractivity contribution is -0.142. The summed E-state index contributed by atoms with van der Waals surface area (Å²) in [5.74, 6) is -0.460. The van der Waals surface area contributed by atoms with Crippen LogP contribution < -0.4 is 0 Å². The van der Waals surface area contributed by atoms with Crippen LogP contribution in [0.4, 0.5) is 0 Å². The van der Waals surface area contributed by atoms with Gasteiger partial charge in [-0.3, -0.25) is 9.59 Å². The number of benzene rings is 1. The molecule has 0 radical (unpaired) electrons. The van der Waals surface area contributed by atoms with Crippen LogP contribution in [0.5, 0.6) is 0 Å². The highest BCUT2D eigenvalue weighted by molar-refractivity contribution is 9.10. The minimum atomic E-state index is -0.288. The average Bonchev–Trinajstić information content (AvgIpc) is 3.52. The van der Waals surface area contributed by atoms with E-state index in [-0.39, 0.29) is 18.4 Å². The van der Waals surface area contributed by atoms with Crippen molar-refractivity contribution < 1.29 is 19.1 Å². The molecule has 1 saturated heterocycles. The molecule has 0 aromatic heterocycles. The Morgan fingerprint density at radius 3 is 2.48 bits per heavy atom. The minimum absolute atomic E-state index is 0.172. The topological polar surface area (TPSA) is 55.9 Å². The van der Waals surface area contributed by atoms with Gasteiger partial charge in [0.2, 0.25) is 0 Å². The van der Waals surface area contributed by atoms with E-state index in [1.165, 1.54) is 38.5 Å². The Labute approximate surface area is 195 Å². The number of halogens is 1. The van der Waals surface area contributed by atoms with Crippen molar-refractivity contribution in [1.82, 2.24) is 0 Å². The van der Waals surface area contributed by atoms with Gasteiger partial charge in [0.05, 0.1) is 12.2 Å². The Morgan fingerprint density at radius 2 is 1.71 bits per heavy atom. The predicted molar refractivity (Wildman–Crippen MR) is 128 cm³/mol. The second-order valence-corrected chi connectivity index (χ2v) is 9.23. The predicted octanol–water partition coefficient (Wildman–Crippen LogP) is 7.20. The molecule has 2 atom stereocenters. The quantitative estimate of drug-likeness (QED) is 0.0757. The third kappa shape index (κ3) is 11.6. The van der Waals surface area contributed by atoms with Crippen molar-refractivity contribution in [1.29, 1.82) is 0 Å². The van der Waals surface area contributed by atoms with Crippen molar-refractivity contribution in [2.75, 3.05) is 6.61 Å². The van der Waals surface area contributed by atoms with Gasteiger partial charge in [0.25, 0.3) is 0 Å². The third-order valence-electron chi connectivity index (χ3n) is 5.60. The zero-order chi connectivity index (χ0) is 22.3. The van der Waals surface area contributed by atoms with Crippen LogP contribution in [-0.2, 0) is 14.3 Å². The first-order chi connectivity index (χ1) is 15.1. The largest absolute Gasteiger partial charge is 0.457 e. The number of ketones is 1. The molecule has 1 aliphatic rings. The summed E-state index contributed by atoms with van der Waals surface area (Å²) in [5, 5.41) is 0. The van der Waals surface area contributed by atoms with Gasteiger partial charge in [-0.2, -0.15) is 0 Å². The van der Waals surface area contributed by atoms with Gasteiger partial charge in [0.15, 0.2) is 12.4 Å². The Hall–Kier alpha value is -1.46. The molecule has 1 heterocycles. The molecule has 2 rings (SSSR count). The van der Waals surface area contributed by atoms with Gasteiger partial charge in [0.1, 0.15) is 0 Å². The van der Waals surface area contributed by atoms with Gasteiger partial charge in [0, 0.05) is 16.5 Å². The lowest BCUT2D eigenvalue weighted by atomic mass is 10.1. The second-order valence-electron chi connectivity index (χ2n) is 8.31. The van der Waals surface area contributed by atoms with Crippen LogP contribution in [0.25, 0.3) is 0 Å². The molecule has 0 N–H and O–H groups in total. The van der Waals surface area contributed by atoms with E-state index in [2.05, 4.69) is 35.0 Å². The minimum Gasteiger partial charge on any atom is -0.457 e. The maximum atomic E-state index is 12.0. The molecule has 4 nitrogen and oxygen atoms in total. The molecule has 0 bridgehead atoms. The molecule has 0 saturated carbocycles. The standard InChI is InChI=1S/C26H37BrO4/c1-2-3-10-13-24-25(31-24)14-11-8-6-4-5-7-9-12-15-26(29)30-20-23(28)21-16-18-22(27)19-17-21/h8,11,16-19,24-25H,2-7,9-10,12-15,20H2,1H3/b11-8-/t24-,25+/m0/s1. The molecule has 1 fully saturated rings. The number of hydrogen-bond donors (Lipinski definition) is 0. The van der Waals surface area contributed by atoms with Crippen LogP contribution >= 0.6 is 15.9 Å². The first-order valence-electron chi connectivity index (χ1n) is 11.8. The maximum absolute atomic E-state index is 12.0. The number of carbonyl (C=O) groups excluding carboxylic acids is 2. The molecular weight excluding hydrogens is 456 g/mol. The summed E-state index contributed by atoms with van der Waals surface area (Å²) >= 11 is 3.33. The van der Waals surface area contributed by atoms with E-state index in [4.69, 9.17) is 9.47 Å². The molecular formula is C26H37BrO4. The average molecular weight is 493 g/mol. The van der Waals surface area contributed by atoms with E-state index in [1.54, 1.807) is 24.3 Å². The van der Waals surface area contributed by atoms with Gasteiger partial charge in [-0.05, 0) is 44.2 Å². The normalized spacial score (nSPS) is 17.7. The van der Waals surface area contributed by atoms with E-state index < -0.39 is 0 Å². The summed E-state index contributed by atoms with van der Waals surface area (Å²) < 4.78 is 11.7. The van der Waals surface area contributed by atoms with Crippen molar-refractivity contribution in [3.05, 3.63) is 46.5 Å². The van der Waals surface area contributed by atoms with E-state index in [0.29, 0.717) is 24.2 Å². The van der Waals surface area contributed by atoms with Crippen molar-refractivity contribution in [3.8, 4) is 0 Å². The monoisotopic (exact) mass is 492 g/mol. The molecule has 1 aromatic carbocycles. The maximum Gasteiger partial charge on any atom is 0.306 e. The Balaban J connectivity index is 1.38. The van der Waals surface area contributed by atoms with Crippen molar-refractivity contribution in [3.63, 3.8) is 0 Å². The fraction of sp³-hybridized carbons (Fsp3) is 0.615. The van der Waals surface area contributed by atoms with Crippen LogP contribution in [-0.4, -0.2) is 30.6 Å². The molecule has 1 aliphatic heterocycles. The number of hydrogen-bond acceptors (Lipinski definition) is 4. The van der Waals surface area contributed by atoms with Crippen LogP contribution in [0.15, 0.2) is 40.9 Å². The van der Waals surface area contributed by atoms with Crippen molar-refractivity contribution in [2.45, 2.75) is 96.2 Å². The zero-order valence-electron chi connectivity index (χ0n) is 18.8.